The fourth-order valence-electron chi connectivity index (χ4n) is 1.26. The van der Waals surface area contributed by atoms with Crippen molar-refractivity contribution >= 4 is 5.71 Å². The third-order valence-electron chi connectivity index (χ3n) is 2.46. The Morgan fingerprint density at radius 3 is 2.53 bits per heavy atom. The highest BCUT2D eigenvalue weighted by atomic mass is 19.3. The van der Waals surface area contributed by atoms with E-state index in [-0.39, 0.29) is 17.5 Å². The van der Waals surface area contributed by atoms with Crippen LogP contribution in [0.25, 0.3) is 0 Å². The maximum absolute atomic E-state index is 13.4. The third-order valence-corrected chi connectivity index (χ3v) is 2.46. The number of aliphatic imine (C=N–C) groups is 1. The lowest BCUT2D eigenvalue weighted by Crippen LogP contribution is -2.32. The molecule has 0 fully saturated rings. The third kappa shape index (κ3) is 3.01. The second-order valence-corrected chi connectivity index (χ2v) is 4.92. The Morgan fingerprint density at radius 1 is 1.47 bits per heavy atom. The SMILES string of the molecule is CC(C)(C)/C(N)=C/C1=NCCCC1(F)F. The Morgan fingerprint density at radius 2 is 2.07 bits per heavy atom. The van der Waals surface area contributed by atoms with Crippen molar-refractivity contribution < 1.29 is 8.78 Å². The predicted molar refractivity (Wildman–Crippen MR) is 58.2 cm³/mol. The molecule has 0 unspecified atom stereocenters. The Labute approximate surface area is 89.3 Å². The molecule has 0 saturated carbocycles. The van der Waals surface area contributed by atoms with Gasteiger partial charge >= 0.3 is 0 Å². The van der Waals surface area contributed by atoms with E-state index in [1.54, 1.807) is 0 Å². The van der Waals surface area contributed by atoms with Gasteiger partial charge in [-0.15, -0.1) is 0 Å². The normalized spacial score (nSPS) is 22.5. The van der Waals surface area contributed by atoms with Gasteiger partial charge in [-0.05, 0) is 12.5 Å². The van der Waals surface area contributed by atoms with Crippen LogP contribution in [0.3, 0.4) is 0 Å². The van der Waals surface area contributed by atoms with E-state index >= 15 is 0 Å². The molecule has 0 aromatic rings. The van der Waals surface area contributed by atoms with Crippen LogP contribution in [0.4, 0.5) is 8.78 Å². The van der Waals surface area contributed by atoms with Gasteiger partial charge in [0.2, 0.25) is 0 Å². The van der Waals surface area contributed by atoms with Gasteiger partial charge in [0, 0.05) is 24.1 Å². The lowest BCUT2D eigenvalue weighted by atomic mass is 9.90. The number of nitrogens with zero attached hydrogens (tertiary/aromatic N) is 1. The van der Waals surface area contributed by atoms with E-state index in [1.165, 1.54) is 6.08 Å². The van der Waals surface area contributed by atoms with Crippen LogP contribution in [-0.2, 0) is 0 Å². The number of nitrogens with two attached hydrogens (primary N) is 1. The van der Waals surface area contributed by atoms with Crippen molar-refractivity contribution in [2.75, 3.05) is 6.54 Å². The zero-order chi connectivity index (χ0) is 11.7. The van der Waals surface area contributed by atoms with Crippen LogP contribution >= 0.6 is 0 Å². The molecule has 15 heavy (non-hydrogen) atoms. The number of rotatable bonds is 1. The monoisotopic (exact) mass is 216 g/mol. The van der Waals surface area contributed by atoms with Gasteiger partial charge in [0.05, 0.1) is 0 Å². The Bertz CT molecular complexity index is 298. The highest BCUT2D eigenvalue weighted by Gasteiger charge is 2.36. The number of allylic oxidation sites excluding steroid dienone is 2. The van der Waals surface area contributed by atoms with Gasteiger partial charge in [-0.1, -0.05) is 20.8 Å². The molecule has 1 aliphatic rings. The van der Waals surface area contributed by atoms with Crippen molar-refractivity contribution in [1.82, 2.24) is 0 Å². The van der Waals surface area contributed by atoms with E-state index in [1.807, 2.05) is 20.8 Å². The van der Waals surface area contributed by atoms with E-state index in [0.29, 0.717) is 18.7 Å². The zero-order valence-corrected chi connectivity index (χ0v) is 9.48. The van der Waals surface area contributed by atoms with Crippen LogP contribution in [0.1, 0.15) is 33.6 Å². The van der Waals surface area contributed by atoms with Crippen LogP contribution in [0, 0.1) is 5.41 Å². The molecule has 0 spiro atoms. The standard InChI is InChI=1S/C11H18F2N2/c1-10(2,3)8(14)7-9-11(12,13)5-4-6-15-9/h7H,4-6,14H2,1-3H3/b8-7-. The summed E-state index contributed by atoms with van der Waals surface area (Å²) in [6.07, 6.45) is 1.65. The highest BCUT2D eigenvalue weighted by molar-refractivity contribution is 6.01. The van der Waals surface area contributed by atoms with Gasteiger partial charge in [0.15, 0.2) is 0 Å². The number of halogens is 2. The molecule has 0 aliphatic carbocycles. The minimum Gasteiger partial charge on any atom is -0.402 e. The summed E-state index contributed by atoms with van der Waals surface area (Å²) in [4.78, 5) is 3.85. The van der Waals surface area contributed by atoms with Gasteiger partial charge in [-0.2, -0.15) is 8.78 Å². The quantitative estimate of drug-likeness (QED) is 0.719. The molecule has 1 heterocycles. The van der Waals surface area contributed by atoms with Gasteiger partial charge in [0.25, 0.3) is 5.92 Å². The second-order valence-electron chi connectivity index (χ2n) is 4.92. The van der Waals surface area contributed by atoms with Crippen LogP contribution in [0.2, 0.25) is 0 Å². The summed E-state index contributed by atoms with van der Waals surface area (Å²) in [5.41, 5.74) is 5.74. The second kappa shape index (κ2) is 3.91. The van der Waals surface area contributed by atoms with Crippen molar-refractivity contribution in [3.05, 3.63) is 11.8 Å². The van der Waals surface area contributed by atoms with Crippen LogP contribution in [0.5, 0.6) is 0 Å². The molecule has 2 nitrogen and oxygen atoms in total. The van der Waals surface area contributed by atoms with Crippen LogP contribution < -0.4 is 5.73 Å². The molecule has 0 amide bonds. The van der Waals surface area contributed by atoms with E-state index in [4.69, 9.17) is 5.73 Å². The molecule has 2 N–H and O–H groups in total. The molecule has 86 valence electrons. The molecule has 0 bridgehead atoms. The van der Waals surface area contributed by atoms with Crippen molar-refractivity contribution in [1.29, 1.82) is 0 Å². The average molecular weight is 216 g/mol. The topological polar surface area (TPSA) is 38.4 Å². The van der Waals surface area contributed by atoms with E-state index in [2.05, 4.69) is 4.99 Å². The van der Waals surface area contributed by atoms with Crippen molar-refractivity contribution in [3.8, 4) is 0 Å². The summed E-state index contributed by atoms with van der Waals surface area (Å²) in [5, 5.41) is 0. The minimum absolute atomic E-state index is 0.125. The maximum atomic E-state index is 13.4. The van der Waals surface area contributed by atoms with Gasteiger partial charge < -0.3 is 5.73 Å². The first kappa shape index (κ1) is 12.1. The van der Waals surface area contributed by atoms with Gasteiger partial charge in [-0.25, -0.2) is 0 Å². The largest absolute Gasteiger partial charge is 0.402 e. The molecule has 1 aliphatic heterocycles. The Kier molecular flexibility index (Phi) is 3.16. The fourth-order valence-corrected chi connectivity index (χ4v) is 1.26. The number of hydrogen-bond donors (Lipinski definition) is 1. The average Bonchev–Trinajstić information content (AvgIpc) is 2.06. The first-order chi connectivity index (χ1) is 6.73. The summed E-state index contributed by atoms with van der Waals surface area (Å²) in [7, 11) is 0. The molecule has 1 rings (SSSR count). The van der Waals surface area contributed by atoms with Crippen molar-refractivity contribution in [3.63, 3.8) is 0 Å². The first-order valence-corrected chi connectivity index (χ1v) is 5.14. The molecule has 4 heteroatoms. The molecule has 0 radical (unpaired) electrons. The van der Waals surface area contributed by atoms with Crippen LogP contribution in [-0.4, -0.2) is 18.2 Å². The molecule has 0 aromatic heterocycles. The number of alkyl halides is 2. The van der Waals surface area contributed by atoms with Crippen molar-refractivity contribution in [2.24, 2.45) is 16.1 Å². The summed E-state index contributed by atoms with van der Waals surface area (Å²) in [6, 6.07) is 0. The summed E-state index contributed by atoms with van der Waals surface area (Å²) < 4.78 is 26.8. The highest BCUT2D eigenvalue weighted by Crippen LogP contribution is 2.29. The molecular weight excluding hydrogens is 198 g/mol. The minimum atomic E-state index is -2.81. The number of hydrogen-bond acceptors (Lipinski definition) is 2. The lowest BCUT2D eigenvalue weighted by molar-refractivity contribution is 0.0625. The Balaban J connectivity index is 2.94. The van der Waals surface area contributed by atoms with E-state index < -0.39 is 5.92 Å². The fraction of sp³-hybridized carbons (Fsp3) is 0.727. The molecule has 0 atom stereocenters. The predicted octanol–water partition coefficient (Wildman–Crippen LogP) is 2.75. The molecule has 0 saturated heterocycles. The van der Waals surface area contributed by atoms with Gasteiger partial charge in [-0.3, -0.25) is 4.99 Å². The smallest absolute Gasteiger partial charge is 0.289 e. The Hall–Kier alpha value is -0.930. The van der Waals surface area contributed by atoms with Gasteiger partial charge in [0.1, 0.15) is 5.71 Å². The molecule has 0 aromatic carbocycles. The summed E-state index contributed by atoms with van der Waals surface area (Å²) in [5.74, 6) is -2.81. The van der Waals surface area contributed by atoms with E-state index in [9.17, 15) is 8.78 Å². The maximum Gasteiger partial charge on any atom is 0.289 e. The molecular formula is C11H18F2N2. The van der Waals surface area contributed by atoms with Crippen LogP contribution in [0.15, 0.2) is 16.8 Å². The van der Waals surface area contributed by atoms with Crippen molar-refractivity contribution in [2.45, 2.75) is 39.5 Å². The lowest BCUT2D eigenvalue weighted by Gasteiger charge is -2.24. The summed E-state index contributed by atoms with van der Waals surface area (Å²) >= 11 is 0. The zero-order valence-electron chi connectivity index (χ0n) is 9.48. The first-order valence-electron chi connectivity index (χ1n) is 5.14. The van der Waals surface area contributed by atoms with E-state index in [0.717, 1.165) is 0 Å². The summed E-state index contributed by atoms with van der Waals surface area (Å²) in [6.45, 7) is 6.14.